The van der Waals surface area contributed by atoms with E-state index in [0.29, 0.717) is 38.5 Å². The Bertz CT molecular complexity index is 458. The van der Waals surface area contributed by atoms with Crippen molar-refractivity contribution in [3.8, 4) is 0 Å². The first-order chi connectivity index (χ1) is 9.88. The highest BCUT2D eigenvalue weighted by molar-refractivity contribution is 7.89. The van der Waals surface area contributed by atoms with Crippen molar-refractivity contribution in [2.45, 2.75) is 32.6 Å². The number of piperidine rings is 1. The molecular weight excluding hydrogens is 294 g/mol. The lowest BCUT2D eigenvalue weighted by Crippen LogP contribution is -2.46. The summed E-state index contributed by atoms with van der Waals surface area (Å²) in [4.78, 5) is 11.1. The molecule has 6 nitrogen and oxygen atoms in total. The zero-order chi connectivity index (χ0) is 15.5. The Morgan fingerprint density at radius 3 is 2.57 bits per heavy atom. The molecule has 2 atom stereocenters. The lowest BCUT2D eigenvalue weighted by molar-refractivity contribution is -0.143. The van der Waals surface area contributed by atoms with E-state index in [1.807, 2.05) is 6.92 Å². The van der Waals surface area contributed by atoms with E-state index in [1.165, 1.54) is 4.31 Å². The van der Waals surface area contributed by atoms with Gasteiger partial charge in [-0.15, -0.1) is 0 Å². The molecular formula is C14H25NO5S. The molecule has 0 aliphatic carbocycles. The van der Waals surface area contributed by atoms with Gasteiger partial charge in [-0.3, -0.25) is 4.79 Å². The normalized spacial score (nSPS) is 29.4. The summed E-state index contributed by atoms with van der Waals surface area (Å²) in [6.07, 6.45) is 3.04. The number of carboxylic acid groups (broad SMARTS) is 1. The number of rotatable bonds is 5. The van der Waals surface area contributed by atoms with E-state index < -0.39 is 21.9 Å². The summed E-state index contributed by atoms with van der Waals surface area (Å²) < 4.78 is 31.6. The summed E-state index contributed by atoms with van der Waals surface area (Å²) in [5.74, 6) is -0.849. The third kappa shape index (κ3) is 4.66. The molecule has 0 aromatic heterocycles. The number of carbonyl (C=O) groups is 1. The predicted molar refractivity (Wildman–Crippen MR) is 78.4 cm³/mol. The van der Waals surface area contributed by atoms with Crippen LogP contribution in [0, 0.1) is 17.8 Å². The van der Waals surface area contributed by atoms with Crippen LogP contribution in [-0.2, 0) is 19.6 Å². The Labute approximate surface area is 126 Å². The Balaban J connectivity index is 1.92. The first-order valence-corrected chi connectivity index (χ1v) is 9.28. The molecule has 0 bridgehead atoms. The monoisotopic (exact) mass is 319 g/mol. The molecule has 0 amide bonds. The predicted octanol–water partition coefficient (Wildman–Crippen LogP) is 1.18. The third-order valence-electron chi connectivity index (χ3n) is 4.49. The topological polar surface area (TPSA) is 83.9 Å². The van der Waals surface area contributed by atoms with E-state index in [9.17, 15) is 13.2 Å². The molecule has 0 radical (unpaired) electrons. The lowest BCUT2D eigenvalue weighted by atomic mass is 9.92. The zero-order valence-corrected chi connectivity index (χ0v) is 13.3. The molecule has 2 rings (SSSR count). The van der Waals surface area contributed by atoms with Crippen LogP contribution in [0.25, 0.3) is 0 Å². The fraction of sp³-hybridized carbons (Fsp3) is 0.929. The number of aliphatic carboxylic acids is 1. The van der Waals surface area contributed by atoms with Gasteiger partial charge < -0.3 is 9.84 Å². The van der Waals surface area contributed by atoms with Crippen LogP contribution in [0.3, 0.4) is 0 Å². The van der Waals surface area contributed by atoms with Gasteiger partial charge in [0.15, 0.2) is 0 Å². The van der Waals surface area contributed by atoms with E-state index in [4.69, 9.17) is 9.84 Å². The molecule has 7 heteroatoms. The number of nitrogens with zero attached hydrogens (tertiary/aromatic N) is 1. The molecule has 122 valence electrons. The van der Waals surface area contributed by atoms with Crippen molar-refractivity contribution in [1.82, 2.24) is 4.31 Å². The van der Waals surface area contributed by atoms with E-state index in [-0.39, 0.29) is 18.2 Å². The largest absolute Gasteiger partial charge is 0.481 e. The molecule has 2 heterocycles. The molecule has 2 aliphatic rings. The molecule has 2 aliphatic heterocycles. The number of sulfonamides is 1. The highest BCUT2D eigenvalue weighted by Gasteiger charge is 2.35. The van der Waals surface area contributed by atoms with Gasteiger partial charge in [-0.1, -0.05) is 6.92 Å². The van der Waals surface area contributed by atoms with E-state index in [2.05, 4.69) is 0 Å². The molecule has 0 aromatic rings. The van der Waals surface area contributed by atoms with Gasteiger partial charge in [-0.25, -0.2) is 12.7 Å². The fourth-order valence-corrected chi connectivity index (χ4v) is 4.97. The maximum Gasteiger partial charge on any atom is 0.307 e. The molecule has 21 heavy (non-hydrogen) atoms. The SMILES string of the molecule is CC1CC(C(=O)O)CN(S(=O)(=O)CCC2CCOCC2)C1. The zero-order valence-electron chi connectivity index (χ0n) is 12.5. The highest BCUT2D eigenvalue weighted by atomic mass is 32.2. The minimum Gasteiger partial charge on any atom is -0.481 e. The second kappa shape index (κ2) is 7.07. The number of hydrogen-bond donors (Lipinski definition) is 1. The summed E-state index contributed by atoms with van der Waals surface area (Å²) in [6, 6.07) is 0. The van der Waals surface area contributed by atoms with Gasteiger partial charge in [-0.2, -0.15) is 0 Å². The van der Waals surface area contributed by atoms with Crippen molar-refractivity contribution in [1.29, 1.82) is 0 Å². The highest BCUT2D eigenvalue weighted by Crippen LogP contribution is 2.26. The van der Waals surface area contributed by atoms with Crippen LogP contribution in [-0.4, -0.2) is 55.9 Å². The Kier molecular flexibility index (Phi) is 5.62. The molecule has 2 saturated heterocycles. The van der Waals surface area contributed by atoms with Crippen molar-refractivity contribution in [2.24, 2.45) is 17.8 Å². The second-order valence-electron chi connectivity index (χ2n) is 6.35. The Morgan fingerprint density at radius 1 is 1.29 bits per heavy atom. The van der Waals surface area contributed by atoms with Gasteiger partial charge >= 0.3 is 5.97 Å². The molecule has 2 unspecified atom stereocenters. The van der Waals surface area contributed by atoms with E-state index in [0.717, 1.165) is 12.8 Å². The first kappa shape index (κ1) is 16.7. The van der Waals surface area contributed by atoms with Gasteiger partial charge in [0, 0.05) is 26.3 Å². The summed E-state index contributed by atoms with van der Waals surface area (Å²) in [5.41, 5.74) is 0. The van der Waals surface area contributed by atoms with Crippen LogP contribution in [0.2, 0.25) is 0 Å². The molecule has 0 saturated carbocycles. The van der Waals surface area contributed by atoms with Crippen LogP contribution in [0.5, 0.6) is 0 Å². The van der Waals surface area contributed by atoms with Crippen molar-refractivity contribution < 1.29 is 23.1 Å². The Hall–Kier alpha value is -0.660. The van der Waals surface area contributed by atoms with Crippen molar-refractivity contribution in [2.75, 3.05) is 32.1 Å². The molecule has 0 spiro atoms. The summed E-state index contributed by atoms with van der Waals surface area (Å²) in [7, 11) is -3.35. The average molecular weight is 319 g/mol. The van der Waals surface area contributed by atoms with Gasteiger partial charge in [0.25, 0.3) is 0 Å². The number of ether oxygens (including phenoxy) is 1. The van der Waals surface area contributed by atoms with Crippen LogP contribution in [0.1, 0.15) is 32.6 Å². The van der Waals surface area contributed by atoms with Crippen LogP contribution < -0.4 is 0 Å². The first-order valence-electron chi connectivity index (χ1n) is 7.67. The lowest BCUT2D eigenvalue weighted by Gasteiger charge is -2.34. The van der Waals surface area contributed by atoms with Crippen LogP contribution in [0.4, 0.5) is 0 Å². The van der Waals surface area contributed by atoms with Crippen LogP contribution >= 0.6 is 0 Å². The minimum atomic E-state index is -3.35. The van der Waals surface area contributed by atoms with Crippen molar-refractivity contribution in [3.05, 3.63) is 0 Å². The second-order valence-corrected chi connectivity index (χ2v) is 8.44. The summed E-state index contributed by atoms with van der Waals surface area (Å²) in [6.45, 7) is 3.91. The standard InChI is InChI=1S/C14H25NO5S/c1-11-8-13(14(16)17)10-15(9-11)21(18,19)7-4-12-2-5-20-6-3-12/h11-13H,2-10H2,1H3,(H,16,17). The molecule has 2 fully saturated rings. The molecule has 0 aromatic carbocycles. The summed E-state index contributed by atoms with van der Waals surface area (Å²) >= 11 is 0. The van der Waals surface area contributed by atoms with E-state index in [1.54, 1.807) is 0 Å². The van der Waals surface area contributed by atoms with Gasteiger partial charge in [-0.05, 0) is 37.5 Å². The minimum absolute atomic E-state index is 0.0951. The van der Waals surface area contributed by atoms with Crippen molar-refractivity contribution in [3.63, 3.8) is 0 Å². The average Bonchev–Trinajstić information content (AvgIpc) is 2.45. The van der Waals surface area contributed by atoms with E-state index >= 15 is 0 Å². The maximum atomic E-state index is 12.4. The number of carboxylic acids is 1. The fourth-order valence-electron chi connectivity index (χ4n) is 3.19. The summed E-state index contributed by atoms with van der Waals surface area (Å²) in [5, 5.41) is 9.14. The van der Waals surface area contributed by atoms with Crippen LogP contribution in [0.15, 0.2) is 0 Å². The van der Waals surface area contributed by atoms with Gasteiger partial charge in [0.05, 0.1) is 11.7 Å². The van der Waals surface area contributed by atoms with Gasteiger partial charge in [0.2, 0.25) is 10.0 Å². The Morgan fingerprint density at radius 2 is 1.95 bits per heavy atom. The van der Waals surface area contributed by atoms with Gasteiger partial charge in [0.1, 0.15) is 0 Å². The number of hydrogen-bond acceptors (Lipinski definition) is 4. The molecule has 1 N–H and O–H groups in total. The third-order valence-corrected chi connectivity index (χ3v) is 6.33. The maximum absolute atomic E-state index is 12.4. The van der Waals surface area contributed by atoms with Crippen molar-refractivity contribution >= 4 is 16.0 Å². The quantitative estimate of drug-likeness (QED) is 0.822. The smallest absolute Gasteiger partial charge is 0.307 e.